The fourth-order valence-corrected chi connectivity index (χ4v) is 7.79. The van der Waals surface area contributed by atoms with E-state index in [1.807, 2.05) is 30.3 Å². The minimum atomic E-state index is -0.823. The molecular weight excluding hydrogens is 421 g/mol. The topological polar surface area (TPSA) is 0 Å². The van der Waals surface area contributed by atoms with Gasteiger partial charge in [0.25, 0.3) is 0 Å². The molecule has 3 aromatic rings. The van der Waals surface area contributed by atoms with Crippen LogP contribution in [-0.2, 0) is 12.8 Å². The first kappa shape index (κ1) is 22.8. The maximum atomic E-state index is 15.0. The van der Waals surface area contributed by atoms with Crippen molar-refractivity contribution in [1.82, 2.24) is 0 Å². The fourth-order valence-electron chi connectivity index (χ4n) is 4.82. The molecule has 1 saturated heterocycles. The third kappa shape index (κ3) is 5.53. The minimum absolute atomic E-state index is 0.151. The molecule has 32 heavy (non-hydrogen) atoms. The van der Waals surface area contributed by atoms with Crippen LogP contribution in [0.25, 0.3) is 11.1 Å². The van der Waals surface area contributed by atoms with Crippen molar-refractivity contribution in [2.45, 2.75) is 63.1 Å². The first-order chi connectivity index (χ1) is 15.5. The van der Waals surface area contributed by atoms with Gasteiger partial charge in [0.2, 0.25) is 0 Å². The minimum Gasteiger partial charge on any atom is -0.206 e. The lowest BCUT2D eigenvalue weighted by Gasteiger charge is -2.27. The molecule has 1 aliphatic rings. The van der Waals surface area contributed by atoms with Crippen molar-refractivity contribution in [1.29, 1.82) is 0 Å². The molecule has 1 heterocycles. The van der Waals surface area contributed by atoms with E-state index in [1.165, 1.54) is 49.5 Å². The summed E-state index contributed by atoms with van der Waals surface area (Å²) >= 11 is 0. The van der Waals surface area contributed by atoms with Crippen molar-refractivity contribution in [3.05, 3.63) is 94.8 Å². The first-order valence-electron chi connectivity index (χ1n) is 11.7. The molecule has 1 fully saturated rings. The number of benzene rings is 3. The molecule has 0 aromatic heterocycles. The summed E-state index contributed by atoms with van der Waals surface area (Å²) in [7, 11) is -0.159. The van der Waals surface area contributed by atoms with Crippen LogP contribution in [0, 0.1) is 17.5 Å². The lowest BCUT2D eigenvalue weighted by Crippen LogP contribution is -2.20. The monoisotopic (exact) mass is 451 g/mol. The van der Waals surface area contributed by atoms with E-state index in [0.29, 0.717) is 17.9 Å². The van der Waals surface area contributed by atoms with Crippen molar-refractivity contribution in [2.24, 2.45) is 0 Å². The lowest BCUT2D eigenvalue weighted by atomic mass is 9.91. The molecule has 1 aliphatic heterocycles. The van der Waals surface area contributed by atoms with Gasteiger partial charge in [-0.2, -0.15) is 0 Å². The largest absolute Gasteiger partial charge is 0.206 e. The molecule has 0 spiro atoms. The first-order valence-corrected chi connectivity index (χ1v) is 13.8. The third-order valence-corrected chi connectivity index (χ3v) is 9.91. The van der Waals surface area contributed by atoms with Crippen LogP contribution in [0.15, 0.2) is 60.7 Å². The van der Waals surface area contributed by atoms with Crippen molar-refractivity contribution in [3.63, 3.8) is 0 Å². The maximum absolute atomic E-state index is 15.0. The van der Waals surface area contributed by atoms with E-state index in [1.54, 1.807) is 12.1 Å². The molecule has 4 heteroatoms. The number of aryl methyl sites for hydroxylation is 2. The van der Waals surface area contributed by atoms with E-state index in [9.17, 15) is 13.2 Å². The summed E-state index contributed by atoms with van der Waals surface area (Å²) in [5.74, 6) is -1.28. The molecule has 0 N–H and O–H groups in total. The van der Waals surface area contributed by atoms with Crippen molar-refractivity contribution in [2.75, 3.05) is 0 Å². The average Bonchev–Trinajstić information content (AvgIpc) is 2.81. The summed E-state index contributed by atoms with van der Waals surface area (Å²) < 4.78 is 41.4. The van der Waals surface area contributed by atoms with Gasteiger partial charge in [-0.25, -0.2) is 13.2 Å². The second kappa shape index (κ2) is 10.5. The number of halogens is 3. The van der Waals surface area contributed by atoms with Gasteiger partial charge in [-0.3, -0.25) is 0 Å². The molecule has 0 unspecified atom stereocenters. The van der Waals surface area contributed by atoms with Gasteiger partial charge in [-0.15, -0.1) is 0 Å². The standard InChI is InChI=1S/C28H30F3Si/c1-2-15-32-16-13-22(14-17-32)24-10-11-25(27(30)19-24)23-8-5-20(6-9-23)3-4-21-7-12-26(29)28(31)18-21/h5-12,18-19,22H,2-4,13-17H2,1H3. The summed E-state index contributed by atoms with van der Waals surface area (Å²) in [5, 5.41) is 0. The van der Waals surface area contributed by atoms with Gasteiger partial charge >= 0.3 is 0 Å². The molecule has 167 valence electrons. The van der Waals surface area contributed by atoms with Gasteiger partial charge in [0.1, 0.15) is 5.82 Å². The molecule has 0 aliphatic carbocycles. The highest BCUT2D eigenvalue weighted by Gasteiger charge is 2.23. The predicted molar refractivity (Wildman–Crippen MR) is 128 cm³/mol. The summed E-state index contributed by atoms with van der Waals surface area (Å²) in [5.41, 5.74) is 4.49. The van der Waals surface area contributed by atoms with Crippen LogP contribution in [-0.4, -0.2) is 8.80 Å². The van der Waals surface area contributed by atoms with Crippen molar-refractivity contribution >= 4 is 8.80 Å². The Labute approximate surface area is 191 Å². The zero-order valence-corrected chi connectivity index (χ0v) is 19.6. The van der Waals surface area contributed by atoms with E-state index >= 15 is 0 Å². The second-order valence-corrected chi connectivity index (χ2v) is 12.0. The molecule has 3 aromatic carbocycles. The predicted octanol–water partition coefficient (Wildman–Crippen LogP) is 8.34. The Kier molecular flexibility index (Phi) is 7.51. The Balaban J connectivity index is 1.39. The SMILES string of the molecule is CCC[Si]1CCC(c2ccc(-c3ccc(CCc4ccc(F)c(F)c4)cc3)c(F)c2)CC1. The van der Waals surface area contributed by atoms with Gasteiger partial charge in [-0.1, -0.05) is 73.9 Å². The van der Waals surface area contributed by atoms with Crippen LogP contribution in [0.1, 0.15) is 48.8 Å². The van der Waals surface area contributed by atoms with Crippen LogP contribution in [0.3, 0.4) is 0 Å². The van der Waals surface area contributed by atoms with Gasteiger partial charge < -0.3 is 0 Å². The third-order valence-electron chi connectivity index (χ3n) is 6.71. The molecule has 4 rings (SSSR count). The second-order valence-electron chi connectivity index (χ2n) is 8.96. The Morgan fingerprint density at radius 2 is 1.44 bits per heavy atom. The Morgan fingerprint density at radius 3 is 2.09 bits per heavy atom. The van der Waals surface area contributed by atoms with Crippen LogP contribution >= 0.6 is 0 Å². The average molecular weight is 452 g/mol. The highest BCUT2D eigenvalue weighted by Crippen LogP contribution is 2.36. The number of rotatable bonds is 7. The van der Waals surface area contributed by atoms with E-state index in [-0.39, 0.29) is 14.6 Å². The Morgan fingerprint density at radius 1 is 0.750 bits per heavy atom. The van der Waals surface area contributed by atoms with Crippen LogP contribution in [0.4, 0.5) is 13.2 Å². The van der Waals surface area contributed by atoms with E-state index < -0.39 is 11.6 Å². The molecule has 0 saturated carbocycles. The van der Waals surface area contributed by atoms with Gasteiger partial charge in [-0.05, 0) is 72.1 Å². The van der Waals surface area contributed by atoms with Crippen LogP contribution < -0.4 is 0 Å². The Bertz CT molecular complexity index is 1040. The highest BCUT2D eigenvalue weighted by atomic mass is 28.3. The zero-order chi connectivity index (χ0) is 22.5. The smallest absolute Gasteiger partial charge is 0.159 e. The molecule has 1 radical (unpaired) electrons. The van der Waals surface area contributed by atoms with E-state index in [0.717, 1.165) is 28.7 Å². The lowest BCUT2D eigenvalue weighted by molar-refractivity contribution is 0.507. The molecule has 0 atom stereocenters. The number of hydrogen-bond acceptors (Lipinski definition) is 0. The normalized spacial score (nSPS) is 15.2. The quantitative estimate of drug-likeness (QED) is 0.317. The Hall–Kier alpha value is -2.33. The maximum Gasteiger partial charge on any atom is 0.159 e. The van der Waals surface area contributed by atoms with Gasteiger partial charge in [0.15, 0.2) is 11.6 Å². The van der Waals surface area contributed by atoms with Gasteiger partial charge in [0, 0.05) is 14.4 Å². The summed E-state index contributed by atoms with van der Waals surface area (Å²) in [4.78, 5) is 0. The van der Waals surface area contributed by atoms with E-state index in [2.05, 4.69) is 13.0 Å². The fraction of sp³-hybridized carbons (Fsp3) is 0.357. The summed E-state index contributed by atoms with van der Waals surface area (Å²) in [6, 6.07) is 21.8. The summed E-state index contributed by atoms with van der Waals surface area (Å²) in [6.45, 7) is 2.27. The molecule has 0 amide bonds. The molecule has 0 bridgehead atoms. The van der Waals surface area contributed by atoms with Crippen LogP contribution in [0.5, 0.6) is 0 Å². The number of hydrogen-bond donors (Lipinski definition) is 0. The van der Waals surface area contributed by atoms with Crippen molar-refractivity contribution in [3.8, 4) is 11.1 Å². The summed E-state index contributed by atoms with van der Waals surface area (Å²) in [6.07, 6.45) is 5.06. The van der Waals surface area contributed by atoms with Crippen molar-refractivity contribution < 1.29 is 13.2 Å². The molecule has 0 nitrogen and oxygen atoms in total. The molecular formula is C28H30F3Si. The van der Waals surface area contributed by atoms with Crippen LogP contribution in [0.2, 0.25) is 18.1 Å². The highest BCUT2D eigenvalue weighted by molar-refractivity contribution is 6.59. The van der Waals surface area contributed by atoms with Gasteiger partial charge in [0.05, 0.1) is 0 Å². The zero-order valence-electron chi connectivity index (χ0n) is 18.6. The van der Waals surface area contributed by atoms with E-state index in [4.69, 9.17) is 0 Å².